The lowest BCUT2D eigenvalue weighted by Gasteiger charge is -2.35. The second kappa shape index (κ2) is 19.9. The summed E-state index contributed by atoms with van der Waals surface area (Å²) < 4.78 is 5.47. The summed E-state index contributed by atoms with van der Waals surface area (Å²) in [5, 5.41) is 3.59. The maximum atomic E-state index is 12.1. The molecule has 0 unspecified atom stereocenters. The summed E-state index contributed by atoms with van der Waals surface area (Å²) in [7, 11) is 0. The van der Waals surface area contributed by atoms with E-state index in [1.54, 1.807) is 0 Å². The predicted molar refractivity (Wildman–Crippen MR) is 146 cm³/mol. The van der Waals surface area contributed by atoms with E-state index >= 15 is 0 Å². The van der Waals surface area contributed by atoms with Crippen molar-refractivity contribution in [1.29, 1.82) is 0 Å². The molecule has 0 spiro atoms. The summed E-state index contributed by atoms with van der Waals surface area (Å²) in [4.78, 5) is 16.4. The Morgan fingerprint density at radius 3 is 2.00 bits per heavy atom. The molecule has 0 radical (unpaired) electrons. The van der Waals surface area contributed by atoms with Gasteiger partial charge in [0.15, 0.2) is 0 Å². The van der Waals surface area contributed by atoms with Gasteiger partial charge in [-0.25, -0.2) is 4.79 Å². The Kier molecular flexibility index (Phi) is 18.0. The van der Waals surface area contributed by atoms with Crippen LogP contribution in [-0.4, -0.2) is 67.3 Å². The zero-order chi connectivity index (χ0) is 24.9. The number of amides is 1. The summed E-state index contributed by atoms with van der Waals surface area (Å²) in [5.74, 6) is 0. The van der Waals surface area contributed by atoms with Crippen molar-refractivity contribution in [3.8, 4) is 0 Å². The van der Waals surface area contributed by atoms with Gasteiger partial charge in [-0.05, 0) is 65.8 Å². The van der Waals surface area contributed by atoms with Crippen LogP contribution in [-0.2, 0) is 4.74 Å². The first-order valence-electron chi connectivity index (χ1n) is 14.1. The molecule has 0 atom stereocenters. The third kappa shape index (κ3) is 18.1. The maximum absolute atomic E-state index is 12.1. The summed E-state index contributed by atoms with van der Waals surface area (Å²) in [5.41, 5.74) is -0.417. The van der Waals surface area contributed by atoms with Gasteiger partial charge in [0.2, 0.25) is 0 Å². The van der Waals surface area contributed by atoms with Crippen molar-refractivity contribution in [1.82, 2.24) is 15.1 Å². The number of hydrogen-bond donors (Lipinski definition) is 1. The molecule has 5 heteroatoms. The van der Waals surface area contributed by atoms with Crippen LogP contribution in [0.4, 0.5) is 4.79 Å². The minimum atomic E-state index is -0.417. The normalized spacial score (nSPS) is 15.6. The highest BCUT2D eigenvalue weighted by Gasteiger charge is 2.25. The Morgan fingerprint density at radius 2 is 1.38 bits per heavy atom. The number of carbonyl (C=O) groups excluding carboxylic acids is 1. The number of hydrogen-bond acceptors (Lipinski definition) is 4. The minimum Gasteiger partial charge on any atom is -0.444 e. The molecule has 0 aliphatic carbocycles. The second-order valence-corrected chi connectivity index (χ2v) is 10.6. The van der Waals surface area contributed by atoms with Gasteiger partial charge in [0.05, 0.1) is 0 Å². The molecule has 0 aromatic rings. The molecule has 1 aliphatic heterocycles. The first kappa shape index (κ1) is 30.7. The van der Waals surface area contributed by atoms with Crippen molar-refractivity contribution < 1.29 is 9.53 Å². The fourth-order valence-electron chi connectivity index (χ4n) is 4.08. The number of piperazine rings is 1. The van der Waals surface area contributed by atoms with Crippen LogP contribution >= 0.6 is 0 Å². The van der Waals surface area contributed by atoms with E-state index in [1.165, 1.54) is 70.6 Å². The van der Waals surface area contributed by atoms with E-state index in [9.17, 15) is 4.79 Å². The van der Waals surface area contributed by atoms with Gasteiger partial charge >= 0.3 is 6.09 Å². The molecule has 34 heavy (non-hydrogen) atoms. The lowest BCUT2D eigenvalue weighted by molar-refractivity contribution is 0.0146. The molecule has 1 saturated heterocycles. The van der Waals surface area contributed by atoms with Crippen LogP contribution in [0.1, 0.15) is 105 Å². The van der Waals surface area contributed by atoms with E-state index in [-0.39, 0.29) is 6.09 Å². The molecule has 0 bridgehead atoms. The number of unbranched alkanes of at least 4 members (excludes halogenated alkanes) is 9. The highest BCUT2D eigenvalue weighted by atomic mass is 16.6. The first-order chi connectivity index (χ1) is 16.4. The van der Waals surface area contributed by atoms with Crippen LogP contribution in [0, 0.1) is 0 Å². The van der Waals surface area contributed by atoms with Gasteiger partial charge in [0.25, 0.3) is 0 Å². The number of allylic oxidation sites excluding steroid dienone is 4. The third-order valence-corrected chi connectivity index (χ3v) is 6.18. The zero-order valence-corrected chi connectivity index (χ0v) is 23.0. The molecular weight excluding hydrogens is 422 g/mol. The van der Waals surface area contributed by atoms with Crippen molar-refractivity contribution >= 4 is 6.09 Å². The van der Waals surface area contributed by atoms with Gasteiger partial charge in [0.1, 0.15) is 5.60 Å². The van der Waals surface area contributed by atoms with Crippen LogP contribution in [0.2, 0.25) is 0 Å². The van der Waals surface area contributed by atoms with Crippen LogP contribution in [0.3, 0.4) is 0 Å². The molecule has 1 rings (SSSR count). The molecule has 1 aliphatic rings. The van der Waals surface area contributed by atoms with Gasteiger partial charge in [-0.2, -0.15) is 0 Å². The molecule has 1 N–H and O–H groups in total. The topological polar surface area (TPSA) is 44.8 Å². The largest absolute Gasteiger partial charge is 0.444 e. The molecule has 1 amide bonds. The van der Waals surface area contributed by atoms with Crippen LogP contribution in [0.25, 0.3) is 0 Å². The minimum absolute atomic E-state index is 0.178. The van der Waals surface area contributed by atoms with Crippen LogP contribution in [0.15, 0.2) is 24.3 Å². The van der Waals surface area contributed by atoms with Crippen molar-refractivity contribution in [2.45, 2.75) is 110 Å². The van der Waals surface area contributed by atoms with E-state index in [0.29, 0.717) is 0 Å². The Hall–Kier alpha value is -1.33. The maximum Gasteiger partial charge on any atom is 0.410 e. The Morgan fingerprint density at radius 1 is 0.794 bits per heavy atom. The number of nitrogens with one attached hydrogen (secondary N) is 1. The lowest BCUT2D eigenvalue weighted by Crippen LogP contribution is -2.51. The summed E-state index contributed by atoms with van der Waals surface area (Å²) >= 11 is 0. The summed E-state index contributed by atoms with van der Waals surface area (Å²) in [6.07, 6.45) is 24.8. The standard InChI is InChI=1S/C29H55N3O2/c1-5-6-7-8-9-10-11-12-13-14-15-16-17-18-19-20-21-30-22-23-31-24-26-32(27-25-31)28(33)34-29(2,3)4/h9-10,12-13,30H,5-8,11,14-27H2,1-4H3/b10-9-,13-12-. The lowest BCUT2D eigenvalue weighted by atomic mass is 10.1. The predicted octanol–water partition coefficient (Wildman–Crippen LogP) is 6.94. The summed E-state index contributed by atoms with van der Waals surface area (Å²) in [6.45, 7) is 14.6. The third-order valence-electron chi connectivity index (χ3n) is 6.18. The Balaban J connectivity index is 1.84. The molecule has 0 saturated carbocycles. The highest BCUT2D eigenvalue weighted by Crippen LogP contribution is 2.12. The van der Waals surface area contributed by atoms with Gasteiger partial charge in [-0.1, -0.05) is 69.8 Å². The Labute approximate surface area is 211 Å². The van der Waals surface area contributed by atoms with Gasteiger partial charge in [-0.3, -0.25) is 4.90 Å². The van der Waals surface area contributed by atoms with Gasteiger partial charge < -0.3 is 15.0 Å². The molecular formula is C29H55N3O2. The number of nitrogens with zero attached hydrogens (tertiary/aromatic N) is 2. The smallest absolute Gasteiger partial charge is 0.410 e. The average Bonchev–Trinajstić information content (AvgIpc) is 2.80. The van der Waals surface area contributed by atoms with Gasteiger partial charge in [-0.15, -0.1) is 0 Å². The SMILES string of the molecule is CCCCC/C=C\C/C=C\CCCCCCCCNCCN1CCN(C(=O)OC(C)(C)C)CC1. The van der Waals surface area contributed by atoms with Crippen molar-refractivity contribution in [2.24, 2.45) is 0 Å². The fourth-order valence-corrected chi connectivity index (χ4v) is 4.08. The van der Waals surface area contributed by atoms with Crippen molar-refractivity contribution in [3.05, 3.63) is 24.3 Å². The van der Waals surface area contributed by atoms with E-state index in [1.807, 2.05) is 25.7 Å². The summed E-state index contributed by atoms with van der Waals surface area (Å²) in [6, 6.07) is 0. The molecule has 1 fully saturated rings. The molecule has 1 heterocycles. The average molecular weight is 478 g/mol. The number of carbonyl (C=O) groups is 1. The van der Waals surface area contributed by atoms with E-state index < -0.39 is 5.60 Å². The Bertz CT molecular complexity index is 546. The monoisotopic (exact) mass is 477 g/mol. The fraction of sp³-hybridized carbons (Fsp3) is 0.828. The number of ether oxygens (including phenoxy) is 1. The zero-order valence-electron chi connectivity index (χ0n) is 23.0. The van der Waals surface area contributed by atoms with Gasteiger partial charge in [0, 0.05) is 39.3 Å². The van der Waals surface area contributed by atoms with E-state index in [2.05, 4.69) is 41.4 Å². The van der Waals surface area contributed by atoms with E-state index in [0.717, 1.165) is 52.2 Å². The van der Waals surface area contributed by atoms with E-state index in [4.69, 9.17) is 4.74 Å². The number of rotatable bonds is 18. The molecule has 0 aromatic carbocycles. The molecule has 198 valence electrons. The highest BCUT2D eigenvalue weighted by molar-refractivity contribution is 5.68. The van der Waals surface area contributed by atoms with Crippen molar-refractivity contribution in [2.75, 3.05) is 45.8 Å². The van der Waals surface area contributed by atoms with Crippen LogP contribution in [0.5, 0.6) is 0 Å². The quantitative estimate of drug-likeness (QED) is 0.171. The molecule has 5 nitrogen and oxygen atoms in total. The van der Waals surface area contributed by atoms with Crippen LogP contribution < -0.4 is 5.32 Å². The first-order valence-corrected chi connectivity index (χ1v) is 14.1. The molecule has 0 aromatic heterocycles. The van der Waals surface area contributed by atoms with Crippen molar-refractivity contribution in [3.63, 3.8) is 0 Å². The second-order valence-electron chi connectivity index (χ2n) is 10.6.